The van der Waals surface area contributed by atoms with Crippen molar-refractivity contribution < 1.29 is 19.0 Å². The molecule has 1 aromatic carbocycles. The molecule has 2 fully saturated rings. The van der Waals surface area contributed by atoms with E-state index in [4.69, 9.17) is 19.2 Å². The van der Waals surface area contributed by atoms with Crippen LogP contribution in [0.25, 0.3) is 17.2 Å². The van der Waals surface area contributed by atoms with E-state index in [1.807, 2.05) is 30.3 Å². The van der Waals surface area contributed by atoms with Crippen LogP contribution in [0.15, 0.2) is 42.7 Å². The number of hydrogen-bond donors (Lipinski definition) is 0. The lowest BCUT2D eigenvalue weighted by Gasteiger charge is -2.27. The van der Waals surface area contributed by atoms with Gasteiger partial charge < -0.3 is 19.1 Å². The Kier molecular flexibility index (Phi) is 6.06. The molecule has 1 amide bonds. The Bertz CT molecular complexity index is 1140. The minimum Gasteiger partial charge on any atom is -0.496 e. The van der Waals surface area contributed by atoms with E-state index < -0.39 is 0 Å². The van der Waals surface area contributed by atoms with Gasteiger partial charge in [0.15, 0.2) is 0 Å². The molecular weight excluding hydrogens is 422 g/mol. The number of likely N-dealkylation sites (N-methyl/N-ethyl adjacent to an activating group) is 1. The van der Waals surface area contributed by atoms with Gasteiger partial charge in [0.1, 0.15) is 5.75 Å². The summed E-state index contributed by atoms with van der Waals surface area (Å²) in [6.45, 7) is 2.11. The average Bonchev–Trinajstić information content (AvgIpc) is 3.61. The van der Waals surface area contributed by atoms with Crippen LogP contribution in [0, 0.1) is 0 Å². The molecule has 33 heavy (non-hydrogen) atoms. The summed E-state index contributed by atoms with van der Waals surface area (Å²) in [5.74, 6) is 1.35. The molecule has 3 aromatic rings. The van der Waals surface area contributed by atoms with Gasteiger partial charge >= 0.3 is 0 Å². The summed E-state index contributed by atoms with van der Waals surface area (Å²) in [7, 11) is 3.42. The van der Waals surface area contributed by atoms with Crippen LogP contribution >= 0.6 is 0 Å². The summed E-state index contributed by atoms with van der Waals surface area (Å²) in [6, 6.07) is 9.55. The third kappa shape index (κ3) is 4.46. The van der Waals surface area contributed by atoms with Crippen molar-refractivity contribution >= 4 is 5.91 Å². The first-order valence-electron chi connectivity index (χ1n) is 11.1. The maximum atomic E-state index is 13.3. The second kappa shape index (κ2) is 9.29. The van der Waals surface area contributed by atoms with Crippen molar-refractivity contribution in [1.29, 1.82) is 0 Å². The summed E-state index contributed by atoms with van der Waals surface area (Å²) >= 11 is 0. The Morgan fingerprint density at radius 1 is 1.24 bits per heavy atom. The van der Waals surface area contributed by atoms with Crippen LogP contribution < -0.4 is 4.74 Å². The fourth-order valence-electron chi connectivity index (χ4n) is 4.12. The molecule has 1 saturated heterocycles. The van der Waals surface area contributed by atoms with Crippen LogP contribution in [-0.2, 0) is 9.47 Å². The highest BCUT2D eigenvalue weighted by atomic mass is 16.6. The van der Waals surface area contributed by atoms with Crippen LogP contribution in [-0.4, -0.2) is 77.2 Å². The fraction of sp³-hybridized carbons (Fsp3) is 0.417. The quantitative estimate of drug-likeness (QED) is 0.548. The molecule has 9 nitrogen and oxygen atoms in total. The SMILES string of the molecule is COc1ccccc1-c1ccnc(-n2ncc(C(=O)N(C)C[C@@H]3COCCO3)c2C2CC2)n1. The molecule has 172 valence electrons. The van der Waals surface area contributed by atoms with Crippen molar-refractivity contribution in [3.63, 3.8) is 0 Å². The normalized spacial score (nSPS) is 18.2. The first-order valence-corrected chi connectivity index (χ1v) is 11.1. The maximum absolute atomic E-state index is 13.3. The number of methoxy groups -OCH3 is 1. The lowest BCUT2D eigenvalue weighted by atomic mass is 10.1. The zero-order valence-corrected chi connectivity index (χ0v) is 18.8. The van der Waals surface area contributed by atoms with Gasteiger partial charge in [-0.1, -0.05) is 12.1 Å². The minimum atomic E-state index is -0.118. The lowest BCUT2D eigenvalue weighted by Crippen LogP contribution is -2.41. The molecule has 0 bridgehead atoms. The zero-order valence-electron chi connectivity index (χ0n) is 18.8. The average molecular weight is 450 g/mol. The van der Waals surface area contributed by atoms with Crippen molar-refractivity contribution in [1.82, 2.24) is 24.6 Å². The van der Waals surface area contributed by atoms with Gasteiger partial charge in [-0.25, -0.2) is 14.6 Å². The maximum Gasteiger partial charge on any atom is 0.257 e. The highest BCUT2D eigenvalue weighted by Gasteiger charge is 2.35. The van der Waals surface area contributed by atoms with E-state index in [1.54, 1.807) is 36.1 Å². The molecule has 0 radical (unpaired) electrons. The van der Waals surface area contributed by atoms with Gasteiger partial charge in [-0.3, -0.25) is 4.79 Å². The van der Waals surface area contributed by atoms with Crippen LogP contribution in [0.2, 0.25) is 0 Å². The van der Waals surface area contributed by atoms with Crippen molar-refractivity contribution in [2.75, 3.05) is 40.5 Å². The molecule has 0 spiro atoms. The minimum absolute atomic E-state index is 0.0850. The molecule has 1 atom stereocenters. The Labute approximate surface area is 192 Å². The number of rotatable bonds is 7. The van der Waals surface area contributed by atoms with Gasteiger partial charge in [0, 0.05) is 31.3 Å². The number of carbonyl (C=O) groups excluding carboxylic acids is 1. The van der Waals surface area contributed by atoms with Crippen molar-refractivity contribution in [3.8, 4) is 23.0 Å². The number of aromatic nitrogens is 4. The van der Waals surface area contributed by atoms with Crippen LogP contribution in [0.3, 0.4) is 0 Å². The van der Waals surface area contributed by atoms with Gasteiger partial charge in [-0.05, 0) is 31.0 Å². The highest BCUT2D eigenvalue weighted by molar-refractivity contribution is 5.95. The molecule has 0 N–H and O–H groups in total. The summed E-state index contributed by atoms with van der Waals surface area (Å²) in [5.41, 5.74) is 3.05. The van der Waals surface area contributed by atoms with Crippen molar-refractivity contribution in [3.05, 3.63) is 54.0 Å². The van der Waals surface area contributed by atoms with Crippen molar-refractivity contribution in [2.45, 2.75) is 24.9 Å². The predicted molar refractivity (Wildman–Crippen MR) is 121 cm³/mol. The Morgan fingerprint density at radius 3 is 2.85 bits per heavy atom. The first kappa shape index (κ1) is 21.5. The van der Waals surface area contributed by atoms with Gasteiger partial charge in [-0.2, -0.15) is 5.10 Å². The van der Waals surface area contributed by atoms with Gasteiger partial charge in [0.2, 0.25) is 0 Å². The van der Waals surface area contributed by atoms with E-state index in [2.05, 4.69) is 10.1 Å². The molecule has 9 heteroatoms. The first-order chi connectivity index (χ1) is 16.2. The molecule has 0 unspecified atom stereocenters. The van der Waals surface area contributed by atoms with E-state index in [1.165, 1.54) is 0 Å². The zero-order chi connectivity index (χ0) is 22.8. The Balaban J connectivity index is 1.45. The summed E-state index contributed by atoms with van der Waals surface area (Å²) < 4.78 is 18.4. The van der Waals surface area contributed by atoms with Gasteiger partial charge in [0.25, 0.3) is 11.9 Å². The molecular formula is C24H27N5O4. The Morgan fingerprint density at radius 2 is 2.09 bits per heavy atom. The smallest absolute Gasteiger partial charge is 0.257 e. The topological polar surface area (TPSA) is 91.6 Å². The number of carbonyl (C=O) groups is 1. The molecule has 5 rings (SSSR count). The second-order valence-electron chi connectivity index (χ2n) is 8.33. The van der Waals surface area contributed by atoms with Crippen LogP contribution in [0.5, 0.6) is 5.75 Å². The highest BCUT2D eigenvalue weighted by Crippen LogP contribution is 2.42. The molecule has 1 saturated carbocycles. The molecule has 2 aliphatic rings. The molecule has 1 aliphatic carbocycles. The van der Waals surface area contributed by atoms with Gasteiger partial charge in [0.05, 0.1) is 56.2 Å². The van der Waals surface area contributed by atoms with E-state index in [0.717, 1.165) is 35.5 Å². The monoisotopic (exact) mass is 449 g/mol. The van der Waals surface area contributed by atoms with E-state index in [9.17, 15) is 4.79 Å². The number of benzene rings is 1. The standard InChI is InChI=1S/C24H27N5O4/c1-28(14-17-15-32-11-12-33-17)23(30)19-13-26-29(22(19)16-7-8-16)24-25-10-9-20(27-24)18-5-3-4-6-21(18)31-2/h3-6,9-10,13,16-17H,7-8,11-12,14-15H2,1-2H3/t17-/m1/s1. The number of hydrogen-bond acceptors (Lipinski definition) is 7. The summed E-state index contributed by atoms with van der Waals surface area (Å²) in [6.07, 6.45) is 5.25. The third-order valence-corrected chi connectivity index (χ3v) is 5.93. The fourth-order valence-corrected chi connectivity index (χ4v) is 4.12. The lowest BCUT2D eigenvalue weighted by molar-refractivity contribution is -0.0933. The van der Waals surface area contributed by atoms with E-state index in [-0.39, 0.29) is 17.9 Å². The van der Waals surface area contributed by atoms with Gasteiger partial charge in [-0.15, -0.1) is 0 Å². The van der Waals surface area contributed by atoms with Crippen LogP contribution in [0.4, 0.5) is 0 Å². The third-order valence-electron chi connectivity index (χ3n) is 5.93. The number of para-hydroxylation sites is 1. The number of ether oxygens (including phenoxy) is 3. The molecule has 1 aliphatic heterocycles. The van der Waals surface area contributed by atoms with Crippen molar-refractivity contribution in [2.24, 2.45) is 0 Å². The second-order valence-corrected chi connectivity index (χ2v) is 8.33. The Hall–Kier alpha value is -3.30. The largest absolute Gasteiger partial charge is 0.496 e. The summed E-state index contributed by atoms with van der Waals surface area (Å²) in [5, 5.41) is 4.53. The van der Waals surface area contributed by atoms with E-state index in [0.29, 0.717) is 37.9 Å². The van der Waals surface area contributed by atoms with Crippen LogP contribution in [0.1, 0.15) is 34.8 Å². The molecule has 3 heterocycles. The van der Waals surface area contributed by atoms with E-state index >= 15 is 0 Å². The number of nitrogens with zero attached hydrogens (tertiary/aromatic N) is 5. The number of amides is 1. The predicted octanol–water partition coefficient (Wildman–Crippen LogP) is 2.70. The summed E-state index contributed by atoms with van der Waals surface area (Å²) in [4.78, 5) is 24.2. The molecule has 2 aromatic heterocycles.